The number of amides is 1. The SMILES string of the molecule is CCCCCCCCCCCC(=O)NCc1nnc(SCc2ccccc2)n1-c1ccc([N+](=O)[O-])cc1. The summed E-state index contributed by atoms with van der Waals surface area (Å²) in [5.74, 6) is 1.29. The molecule has 0 radical (unpaired) electrons. The molecule has 0 atom stereocenters. The highest BCUT2D eigenvalue weighted by Gasteiger charge is 2.17. The molecule has 2 aromatic carbocycles. The number of nitro groups is 1. The van der Waals surface area contributed by atoms with Crippen LogP contribution in [0.15, 0.2) is 59.8 Å². The van der Waals surface area contributed by atoms with Gasteiger partial charge >= 0.3 is 0 Å². The number of thioether (sulfide) groups is 1. The van der Waals surface area contributed by atoms with E-state index in [9.17, 15) is 14.9 Å². The average Bonchev–Trinajstić information content (AvgIpc) is 3.33. The number of benzene rings is 2. The number of nitro benzene ring substituents is 1. The molecule has 0 spiro atoms. The number of hydrogen-bond acceptors (Lipinski definition) is 6. The van der Waals surface area contributed by atoms with E-state index in [1.54, 1.807) is 12.1 Å². The molecule has 37 heavy (non-hydrogen) atoms. The minimum absolute atomic E-state index is 0.000293. The number of hydrogen-bond donors (Lipinski definition) is 1. The molecule has 0 unspecified atom stereocenters. The number of unbranched alkanes of at least 4 members (excludes halogenated alkanes) is 8. The summed E-state index contributed by atoms with van der Waals surface area (Å²) >= 11 is 1.53. The summed E-state index contributed by atoms with van der Waals surface area (Å²) in [7, 11) is 0. The van der Waals surface area contributed by atoms with Crippen molar-refractivity contribution in [1.29, 1.82) is 0 Å². The van der Waals surface area contributed by atoms with Gasteiger partial charge in [-0.05, 0) is 24.1 Å². The molecule has 0 aliphatic carbocycles. The maximum absolute atomic E-state index is 12.5. The van der Waals surface area contributed by atoms with E-state index in [4.69, 9.17) is 0 Å². The van der Waals surface area contributed by atoms with Gasteiger partial charge in [0.1, 0.15) is 0 Å². The largest absolute Gasteiger partial charge is 0.349 e. The molecule has 0 aliphatic rings. The molecule has 1 N–H and O–H groups in total. The normalized spacial score (nSPS) is 10.9. The Hall–Kier alpha value is -3.20. The summed E-state index contributed by atoms with van der Waals surface area (Å²) in [6.45, 7) is 2.47. The van der Waals surface area contributed by atoms with Gasteiger partial charge in [0.15, 0.2) is 11.0 Å². The predicted octanol–water partition coefficient (Wildman–Crippen LogP) is 7.00. The molecule has 3 aromatic rings. The lowest BCUT2D eigenvalue weighted by Gasteiger charge is -2.11. The molecule has 8 nitrogen and oxygen atoms in total. The number of carbonyl (C=O) groups is 1. The lowest BCUT2D eigenvalue weighted by atomic mass is 10.1. The van der Waals surface area contributed by atoms with Gasteiger partial charge in [-0.15, -0.1) is 10.2 Å². The van der Waals surface area contributed by atoms with Crippen LogP contribution >= 0.6 is 11.8 Å². The Kier molecular flexibility index (Phi) is 12.1. The van der Waals surface area contributed by atoms with Gasteiger partial charge in [0, 0.05) is 30.0 Å². The number of carbonyl (C=O) groups excluding carboxylic acids is 1. The Morgan fingerprint density at radius 1 is 0.919 bits per heavy atom. The van der Waals surface area contributed by atoms with Crippen molar-refractivity contribution < 1.29 is 9.72 Å². The van der Waals surface area contributed by atoms with Crippen LogP contribution in [-0.2, 0) is 17.1 Å². The summed E-state index contributed by atoms with van der Waals surface area (Å²) in [4.78, 5) is 23.1. The second kappa shape index (κ2) is 15.8. The fraction of sp³-hybridized carbons (Fsp3) is 0.464. The van der Waals surface area contributed by atoms with Crippen LogP contribution in [0.2, 0.25) is 0 Å². The molecule has 0 saturated heterocycles. The van der Waals surface area contributed by atoms with Crippen molar-refractivity contribution in [1.82, 2.24) is 20.1 Å². The van der Waals surface area contributed by atoms with E-state index in [-0.39, 0.29) is 18.1 Å². The van der Waals surface area contributed by atoms with Crippen LogP contribution in [0.5, 0.6) is 0 Å². The summed E-state index contributed by atoms with van der Waals surface area (Å²) in [5.41, 5.74) is 1.89. The number of aromatic nitrogens is 3. The lowest BCUT2D eigenvalue weighted by Crippen LogP contribution is -2.24. The van der Waals surface area contributed by atoms with Crippen molar-refractivity contribution in [3.8, 4) is 5.69 Å². The second-order valence-corrected chi connectivity index (χ2v) is 10.1. The molecule has 3 rings (SSSR count). The quantitative estimate of drug-likeness (QED) is 0.0884. The van der Waals surface area contributed by atoms with Crippen molar-refractivity contribution in [2.24, 2.45) is 0 Å². The first-order chi connectivity index (χ1) is 18.1. The van der Waals surface area contributed by atoms with Crippen LogP contribution in [0.3, 0.4) is 0 Å². The van der Waals surface area contributed by atoms with Gasteiger partial charge in [-0.1, -0.05) is 100 Å². The summed E-state index contributed by atoms with van der Waals surface area (Å²) < 4.78 is 1.86. The van der Waals surface area contributed by atoms with Crippen LogP contribution in [0.1, 0.15) is 82.5 Å². The minimum Gasteiger partial charge on any atom is -0.349 e. The first-order valence-corrected chi connectivity index (χ1v) is 14.2. The van der Waals surface area contributed by atoms with Crippen LogP contribution < -0.4 is 5.32 Å². The smallest absolute Gasteiger partial charge is 0.269 e. The third kappa shape index (κ3) is 9.64. The Bertz CT molecular complexity index is 1100. The van der Waals surface area contributed by atoms with E-state index in [0.29, 0.717) is 28.8 Å². The average molecular weight is 524 g/mol. The van der Waals surface area contributed by atoms with E-state index in [1.807, 2.05) is 34.9 Å². The zero-order chi connectivity index (χ0) is 26.3. The molecule has 9 heteroatoms. The maximum atomic E-state index is 12.5. The first-order valence-electron chi connectivity index (χ1n) is 13.2. The number of rotatable bonds is 17. The Labute approximate surface area is 223 Å². The van der Waals surface area contributed by atoms with Gasteiger partial charge in [0.2, 0.25) is 5.91 Å². The molecule has 0 fully saturated rings. The minimum atomic E-state index is -0.422. The molecular weight excluding hydrogens is 486 g/mol. The van der Waals surface area contributed by atoms with Gasteiger partial charge in [-0.3, -0.25) is 19.5 Å². The monoisotopic (exact) mass is 523 g/mol. The molecule has 1 amide bonds. The Balaban J connectivity index is 1.55. The fourth-order valence-electron chi connectivity index (χ4n) is 4.08. The van der Waals surface area contributed by atoms with Crippen molar-refractivity contribution in [2.45, 2.75) is 88.6 Å². The molecule has 0 saturated carbocycles. The van der Waals surface area contributed by atoms with Gasteiger partial charge in [0.05, 0.1) is 11.5 Å². The molecule has 1 heterocycles. The second-order valence-electron chi connectivity index (χ2n) is 9.14. The van der Waals surface area contributed by atoms with E-state index in [0.717, 1.165) is 18.4 Å². The lowest BCUT2D eigenvalue weighted by molar-refractivity contribution is -0.384. The maximum Gasteiger partial charge on any atom is 0.269 e. The van der Waals surface area contributed by atoms with Crippen LogP contribution in [0.25, 0.3) is 5.69 Å². The van der Waals surface area contributed by atoms with E-state index in [1.165, 1.54) is 68.8 Å². The predicted molar refractivity (Wildman–Crippen MR) is 148 cm³/mol. The van der Waals surface area contributed by atoms with E-state index in [2.05, 4.69) is 22.4 Å². The standard InChI is InChI=1S/C28H37N5O3S/c1-2-3-4-5-6-7-8-9-13-16-27(34)29-21-26-30-31-28(37-22-23-14-11-10-12-15-23)32(26)24-17-19-25(20-18-24)33(35)36/h10-12,14-15,17-20H,2-9,13,16,21-22H2,1H3,(H,29,34). The van der Waals surface area contributed by atoms with Crippen LogP contribution in [0.4, 0.5) is 5.69 Å². The van der Waals surface area contributed by atoms with Gasteiger partial charge in [0.25, 0.3) is 5.69 Å². The Morgan fingerprint density at radius 2 is 1.57 bits per heavy atom. The third-order valence-corrected chi connectivity index (χ3v) is 7.18. The van der Waals surface area contributed by atoms with Gasteiger partial charge in [-0.2, -0.15) is 0 Å². The Morgan fingerprint density at radius 3 is 2.22 bits per heavy atom. The van der Waals surface area contributed by atoms with Crippen LogP contribution in [0, 0.1) is 10.1 Å². The van der Waals surface area contributed by atoms with Crippen molar-refractivity contribution in [3.05, 3.63) is 76.1 Å². The summed E-state index contributed by atoms with van der Waals surface area (Å²) in [5, 5.41) is 23.4. The zero-order valence-electron chi connectivity index (χ0n) is 21.6. The number of non-ortho nitro benzene ring substituents is 1. The van der Waals surface area contributed by atoms with Gasteiger partial charge < -0.3 is 5.32 Å². The number of nitrogens with one attached hydrogen (secondary N) is 1. The van der Waals surface area contributed by atoms with Crippen LogP contribution in [-0.4, -0.2) is 25.6 Å². The fourth-order valence-corrected chi connectivity index (χ4v) is 5.00. The highest BCUT2D eigenvalue weighted by Crippen LogP contribution is 2.26. The molecule has 0 aliphatic heterocycles. The van der Waals surface area contributed by atoms with Gasteiger partial charge in [-0.25, -0.2) is 0 Å². The van der Waals surface area contributed by atoms with E-state index >= 15 is 0 Å². The van der Waals surface area contributed by atoms with Crippen molar-refractivity contribution in [2.75, 3.05) is 0 Å². The topological polar surface area (TPSA) is 103 Å². The highest BCUT2D eigenvalue weighted by molar-refractivity contribution is 7.98. The molecule has 198 valence electrons. The van der Waals surface area contributed by atoms with Crippen molar-refractivity contribution >= 4 is 23.4 Å². The molecule has 0 bridgehead atoms. The zero-order valence-corrected chi connectivity index (χ0v) is 22.4. The molecular formula is C28H37N5O3S. The highest BCUT2D eigenvalue weighted by atomic mass is 32.2. The molecule has 1 aromatic heterocycles. The number of nitrogens with zero attached hydrogens (tertiary/aromatic N) is 4. The van der Waals surface area contributed by atoms with E-state index < -0.39 is 4.92 Å². The van der Waals surface area contributed by atoms with Crippen molar-refractivity contribution in [3.63, 3.8) is 0 Å². The first kappa shape index (κ1) is 28.4. The summed E-state index contributed by atoms with van der Waals surface area (Å²) in [6, 6.07) is 16.4. The third-order valence-electron chi connectivity index (χ3n) is 6.18. The summed E-state index contributed by atoms with van der Waals surface area (Å²) in [6.07, 6.45) is 11.4.